The van der Waals surface area contributed by atoms with Crippen LogP contribution < -0.4 is 11.3 Å². The zero-order chi connectivity index (χ0) is 15.7. The Labute approximate surface area is 126 Å². The lowest BCUT2D eigenvalue weighted by molar-refractivity contribution is 0.0922. The van der Waals surface area contributed by atoms with E-state index < -0.39 is 10.0 Å². The SMILES string of the molecule is CC(C)(C)N1CCN(S(=O)(=O)c2ccc(NN)cc2)CC1. The molecule has 21 heavy (non-hydrogen) atoms. The predicted molar refractivity (Wildman–Crippen MR) is 84.3 cm³/mol. The second-order valence-electron chi connectivity index (χ2n) is 6.23. The number of nitrogens with two attached hydrogens (primary N) is 1. The van der Waals surface area contributed by atoms with Crippen molar-refractivity contribution < 1.29 is 8.42 Å². The minimum atomic E-state index is -3.42. The van der Waals surface area contributed by atoms with Gasteiger partial charge in [0.15, 0.2) is 0 Å². The Kier molecular flexibility index (Phi) is 4.57. The number of rotatable bonds is 3. The lowest BCUT2D eigenvalue weighted by Gasteiger charge is -2.41. The Bertz CT molecular complexity index is 570. The van der Waals surface area contributed by atoms with Crippen LogP contribution in [0.3, 0.4) is 0 Å². The number of hydrogen-bond acceptors (Lipinski definition) is 5. The van der Waals surface area contributed by atoms with Gasteiger partial charge in [0, 0.05) is 37.4 Å². The number of sulfonamides is 1. The minimum Gasteiger partial charge on any atom is -0.324 e. The van der Waals surface area contributed by atoms with Crippen LogP contribution in [0.1, 0.15) is 20.8 Å². The van der Waals surface area contributed by atoms with Crippen LogP contribution in [0.15, 0.2) is 29.2 Å². The zero-order valence-corrected chi connectivity index (χ0v) is 13.7. The van der Waals surface area contributed by atoms with Gasteiger partial charge in [-0.15, -0.1) is 0 Å². The van der Waals surface area contributed by atoms with E-state index in [0.717, 1.165) is 13.1 Å². The van der Waals surface area contributed by atoms with Crippen LogP contribution in [0.25, 0.3) is 0 Å². The van der Waals surface area contributed by atoms with Gasteiger partial charge in [-0.1, -0.05) is 0 Å². The van der Waals surface area contributed by atoms with Crippen LogP contribution in [0.4, 0.5) is 5.69 Å². The molecule has 1 aromatic carbocycles. The fourth-order valence-electron chi connectivity index (χ4n) is 2.47. The molecular weight excluding hydrogens is 288 g/mol. The summed E-state index contributed by atoms with van der Waals surface area (Å²) in [5.41, 5.74) is 3.25. The van der Waals surface area contributed by atoms with Crippen molar-refractivity contribution in [1.82, 2.24) is 9.21 Å². The maximum absolute atomic E-state index is 12.6. The van der Waals surface area contributed by atoms with Crippen LogP contribution in [-0.2, 0) is 10.0 Å². The molecule has 0 atom stereocenters. The number of hydrogen-bond donors (Lipinski definition) is 2. The summed E-state index contributed by atoms with van der Waals surface area (Å²) >= 11 is 0. The molecule has 0 aromatic heterocycles. The second kappa shape index (κ2) is 5.92. The number of nitrogen functional groups attached to an aromatic ring is 1. The number of benzene rings is 1. The molecule has 0 amide bonds. The molecule has 0 aliphatic carbocycles. The van der Waals surface area contributed by atoms with Gasteiger partial charge < -0.3 is 5.43 Å². The third-order valence-corrected chi connectivity index (χ3v) is 5.76. The van der Waals surface area contributed by atoms with E-state index in [2.05, 4.69) is 31.1 Å². The lowest BCUT2D eigenvalue weighted by Crippen LogP contribution is -2.54. The van der Waals surface area contributed by atoms with E-state index in [0.29, 0.717) is 23.7 Å². The van der Waals surface area contributed by atoms with Crippen LogP contribution in [0, 0.1) is 0 Å². The Hall–Kier alpha value is -1.15. The van der Waals surface area contributed by atoms with E-state index in [1.807, 2.05) is 0 Å². The quantitative estimate of drug-likeness (QED) is 0.645. The molecule has 0 spiro atoms. The van der Waals surface area contributed by atoms with Crippen LogP contribution in [0.5, 0.6) is 0 Å². The van der Waals surface area contributed by atoms with E-state index in [-0.39, 0.29) is 5.54 Å². The molecule has 1 aromatic rings. The fraction of sp³-hybridized carbons (Fsp3) is 0.571. The summed E-state index contributed by atoms with van der Waals surface area (Å²) in [6.07, 6.45) is 0. The van der Waals surface area contributed by atoms with E-state index in [9.17, 15) is 8.42 Å². The summed E-state index contributed by atoms with van der Waals surface area (Å²) in [6, 6.07) is 6.50. The topological polar surface area (TPSA) is 78.7 Å². The normalized spacial score (nSPS) is 18.7. The van der Waals surface area contributed by atoms with Crippen molar-refractivity contribution in [1.29, 1.82) is 0 Å². The average Bonchev–Trinajstić information content (AvgIpc) is 2.46. The van der Waals surface area contributed by atoms with Crippen molar-refractivity contribution in [3.05, 3.63) is 24.3 Å². The predicted octanol–water partition coefficient (Wildman–Crippen LogP) is 1.08. The van der Waals surface area contributed by atoms with Gasteiger partial charge in [-0.3, -0.25) is 10.7 Å². The number of hydrazine groups is 1. The molecule has 1 saturated heterocycles. The first-order valence-corrected chi connectivity index (χ1v) is 8.51. The highest BCUT2D eigenvalue weighted by Crippen LogP contribution is 2.22. The molecule has 0 unspecified atom stereocenters. The van der Waals surface area contributed by atoms with Crippen molar-refractivity contribution in [2.24, 2.45) is 5.84 Å². The van der Waals surface area contributed by atoms with Gasteiger partial charge in [0.05, 0.1) is 4.90 Å². The molecule has 7 heteroatoms. The first-order valence-electron chi connectivity index (χ1n) is 7.07. The molecule has 1 aliphatic rings. The van der Waals surface area contributed by atoms with Crippen molar-refractivity contribution >= 4 is 15.7 Å². The van der Waals surface area contributed by atoms with Gasteiger partial charge in [-0.25, -0.2) is 8.42 Å². The summed E-state index contributed by atoms with van der Waals surface area (Å²) in [5, 5.41) is 0. The molecule has 118 valence electrons. The first kappa shape index (κ1) is 16.2. The molecule has 3 N–H and O–H groups in total. The highest BCUT2D eigenvalue weighted by atomic mass is 32.2. The minimum absolute atomic E-state index is 0.0737. The molecule has 0 saturated carbocycles. The molecule has 0 bridgehead atoms. The third-order valence-electron chi connectivity index (χ3n) is 3.85. The number of nitrogens with one attached hydrogen (secondary N) is 1. The van der Waals surface area contributed by atoms with E-state index in [4.69, 9.17) is 5.84 Å². The lowest BCUT2D eigenvalue weighted by atomic mass is 10.1. The summed E-state index contributed by atoms with van der Waals surface area (Å²) in [7, 11) is -3.42. The average molecular weight is 312 g/mol. The molecule has 1 aliphatic heterocycles. The molecule has 2 rings (SSSR count). The van der Waals surface area contributed by atoms with Gasteiger partial charge in [0.2, 0.25) is 10.0 Å². The number of anilines is 1. The molecule has 6 nitrogen and oxygen atoms in total. The maximum Gasteiger partial charge on any atom is 0.243 e. The third kappa shape index (κ3) is 3.55. The standard InChI is InChI=1S/C14H24N4O2S/c1-14(2,3)17-8-10-18(11-9-17)21(19,20)13-6-4-12(16-15)5-7-13/h4-7,16H,8-11,15H2,1-3H3. The summed E-state index contributed by atoms with van der Waals surface area (Å²) in [5.74, 6) is 5.29. The Balaban J connectivity index is 2.11. The van der Waals surface area contributed by atoms with Gasteiger partial charge in [0.1, 0.15) is 0 Å². The van der Waals surface area contributed by atoms with Crippen molar-refractivity contribution in [2.75, 3.05) is 31.6 Å². The van der Waals surface area contributed by atoms with E-state index in [1.54, 1.807) is 28.6 Å². The largest absolute Gasteiger partial charge is 0.324 e. The van der Waals surface area contributed by atoms with E-state index in [1.165, 1.54) is 0 Å². The second-order valence-corrected chi connectivity index (χ2v) is 8.17. The first-order chi connectivity index (χ1) is 9.75. The van der Waals surface area contributed by atoms with Gasteiger partial charge >= 0.3 is 0 Å². The Morgan fingerprint density at radius 1 is 1.05 bits per heavy atom. The highest BCUT2D eigenvalue weighted by molar-refractivity contribution is 7.89. The number of piperazine rings is 1. The summed E-state index contributed by atoms with van der Waals surface area (Å²) in [6.45, 7) is 9.00. The van der Waals surface area contributed by atoms with Crippen molar-refractivity contribution in [3.8, 4) is 0 Å². The van der Waals surface area contributed by atoms with Gasteiger partial charge in [0.25, 0.3) is 0 Å². The van der Waals surface area contributed by atoms with Gasteiger partial charge in [-0.2, -0.15) is 4.31 Å². The van der Waals surface area contributed by atoms with E-state index >= 15 is 0 Å². The molecule has 1 heterocycles. The fourth-order valence-corrected chi connectivity index (χ4v) is 3.89. The Morgan fingerprint density at radius 3 is 2.00 bits per heavy atom. The molecule has 1 fully saturated rings. The molecular formula is C14H24N4O2S. The monoisotopic (exact) mass is 312 g/mol. The zero-order valence-electron chi connectivity index (χ0n) is 12.8. The number of nitrogens with zero attached hydrogens (tertiary/aromatic N) is 2. The van der Waals surface area contributed by atoms with Crippen molar-refractivity contribution in [2.45, 2.75) is 31.2 Å². The van der Waals surface area contributed by atoms with Gasteiger partial charge in [-0.05, 0) is 45.0 Å². The van der Waals surface area contributed by atoms with Crippen molar-refractivity contribution in [3.63, 3.8) is 0 Å². The summed E-state index contributed by atoms with van der Waals surface area (Å²) in [4.78, 5) is 2.62. The van der Waals surface area contributed by atoms with Crippen LogP contribution >= 0.6 is 0 Å². The van der Waals surface area contributed by atoms with Crippen LogP contribution in [0.2, 0.25) is 0 Å². The maximum atomic E-state index is 12.6. The van der Waals surface area contributed by atoms with Crippen LogP contribution in [-0.4, -0.2) is 49.3 Å². The highest BCUT2D eigenvalue weighted by Gasteiger charge is 2.32. The molecule has 0 radical (unpaired) electrons. The smallest absolute Gasteiger partial charge is 0.243 e. The Morgan fingerprint density at radius 2 is 1.57 bits per heavy atom. The summed E-state index contributed by atoms with van der Waals surface area (Å²) < 4.78 is 26.8.